The van der Waals surface area contributed by atoms with Crippen LogP contribution in [0.15, 0.2) is 54.6 Å². The van der Waals surface area contributed by atoms with E-state index in [9.17, 15) is 15.0 Å². The minimum atomic E-state index is -1.50. The van der Waals surface area contributed by atoms with E-state index in [1.54, 1.807) is 18.2 Å². The number of ether oxygens (including phenoxy) is 2. The van der Waals surface area contributed by atoms with Gasteiger partial charge in [0.1, 0.15) is 11.8 Å². The van der Waals surface area contributed by atoms with Crippen molar-refractivity contribution in [3.05, 3.63) is 71.3 Å². The molecule has 0 radical (unpaired) electrons. The smallest absolute Gasteiger partial charge is 0.337 e. The van der Waals surface area contributed by atoms with Crippen molar-refractivity contribution in [2.45, 2.75) is 57.3 Å². The molecule has 0 bridgehead atoms. The van der Waals surface area contributed by atoms with E-state index in [0.29, 0.717) is 17.7 Å². The Morgan fingerprint density at radius 3 is 2.47 bits per heavy atom. The number of methoxy groups -OCH3 is 1. The fraction of sp³-hybridized carbons (Fsp3) is 0.500. The van der Waals surface area contributed by atoms with E-state index in [0.717, 1.165) is 51.7 Å². The first kappa shape index (κ1) is 26.0. The van der Waals surface area contributed by atoms with Gasteiger partial charge in [0, 0.05) is 13.2 Å². The molecule has 0 aliphatic heterocycles. The van der Waals surface area contributed by atoms with Crippen LogP contribution in [0.3, 0.4) is 0 Å². The molecule has 32 heavy (non-hydrogen) atoms. The molecule has 2 atom stereocenters. The molecule has 0 spiro atoms. The highest BCUT2D eigenvalue weighted by Gasteiger charge is 2.31. The third-order valence-electron chi connectivity index (χ3n) is 5.45. The monoisotopic (exact) mass is 443 g/mol. The molecule has 0 aliphatic carbocycles. The number of rotatable bonds is 15. The first-order chi connectivity index (χ1) is 15.4. The molecule has 0 saturated heterocycles. The number of aliphatic hydroxyl groups is 2. The van der Waals surface area contributed by atoms with Gasteiger partial charge in [-0.3, -0.25) is 5.32 Å². The first-order valence-electron chi connectivity index (χ1n) is 11.4. The van der Waals surface area contributed by atoms with E-state index in [4.69, 9.17) is 9.47 Å². The van der Waals surface area contributed by atoms with Gasteiger partial charge in [-0.2, -0.15) is 0 Å². The Morgan fingerprint density at radius 1 is 1.00 bits per heavy atom. The molecule has 6 nitrogen and oxygen atoms in total. The van der Waals surface area contributed by atoms with Crippen LogP contribution in [0.5, 0.6) is 0 Å². The summed E-state index contributed by atoms with van der Waals surface area (Å²) in [5, 5.41) is 24.2. The van der Waals surface area contributed by atoms with Crippen LogP contribution in [0.4, 0.5) is 0 Å². The topological polar surface area (TPSA) is 88.0 Å². The van der Waals surface area contributed by atoms with Crippen LogP contribution >= 0.6 is 0 Å². The number of benzene rings is 2. The zero-order chi connectivity index (χ0) is 23.2. The summed E-state index contributed by atoms with van der Waals surface area (Å²) in [6.07, 6.45) is 4.90. The van der Waals surface area contributed by atoms with Crippen LogP contribution in [-0.4, -0.2) is 48.8 Å². The van der Waals surface area contributed by atoms with Gasteiger partial charge in [0.2, 0.25) is 0 Å². The van der Waals surface area contributed by atoms with Crippen molar-refractivity contribution in [2.24, 2.45) is 0 Å². The highest BCUT2D eigenvalue weighted by molar-refractivity contribution is 5.89. The van der Waals surface area contributed by atoms with Crippen LogP contribution in [0.25, 0.3) is 0 Å². The lowest BCUT2D eigenvalue weighted by molar-refractivity contribution is -0.0875. The van der Waals surface area contributed by atoms with Gasteiger partial charge in [-0.25, -0.2) is 4.79 Å². The number of esters is 1. The molecule has 0 aromatic heterocycles. The highest BCUT2D eigenvalue weighted by atomic mass is 16.5. The summed E-state index contributed by atoms with van der Waals surface area (Å²) in [5.41, 5.74) is 0.633. The molecular weight excluding hydrogens is 406 g/mol. The Hall–Kier alpha value is -2.25. The number of nitrogens with one attached hydrogen (secondary N) is 1. The maximum atomic E-state index is 11.7. The normalized spacial score (nSPS) is 14.0. The quantitative estimate of drug-likeness (QED) is 0.219. The van der Waals surface area contributed by atoms with Crippen LogP contribution in [0.1, 0.15) is 66.6 Å². The van der Waals surface area contributed by atoms with Gasteiger partial charge in [0.25, 0.3) is 0 Å². The van der Waals surface area contributed by atoms with E-state index in [1.165, 1.54) is 25.7 Å². The number of unbranched alkanes of at least 4 members (excludes halogenated alkanes) is 3. The van der Waals surface area contributed by atoms with Gasteiger partial charge >= 0.3 is 5.97 Å². The Kier molecular flexibility index (Phi) is 11.4. The summed E-state index contributed by atoms with van der Waals surface area (Å²) in [7, 11) is 1.31. The standard InChI is InChI=1S/C26H37NO5/c1-26(30,24(28)22-15-10-16-23(20-22)25(29)31-2)27-17-8-3-4-9-18-32-19-11-14-21-12-6-5-7-13-21/h5-7,10,12-13,15-16,20,24,27-28,30H,3-4,8-9,11,14,17-19H2,1-2H3. The largest absolute Gasteiger partial charge is 0.465 e. The molecule has 2 aromatic carbocycles. The second-order valence-electron chi connectivity index (χ2n) is 8.21. The molecule has 0 aliphatic rings. The van der Waals surface area contributed by atoms with Crippen molar-refractivity contribution in [3.8, 4) is 0 Å². The molecule has 2 rings (SSSR count). The molecule has 0 fully saturated rings. The van der Waals surface area contributed by atoms with Gasteiger partial charge in [0.15, 0.2) is 0 Å². The molecule has 6 heteroatoms. The second-order valence-corrected chi connectivity index (χ2v) is 8.21. The number of hydrogen-bond donors (Lipinski definition) is 3. The molecule has 0 saturated carbocycles. The summed E-state index contributed by atoms with van der Waals surface area (Å²) in [4.78, 5) is 11.7. The van der Waals surface area contributed by atoms with E-state index < -0.39 is 17.8 Å². The summed E-state index contributed by atoms with van der Waals surface area (Å²) in [6, 6.07) is 16.9. The average Bonchev–Trinajstić information content (AvgIpc) is 2.82. The Labute approximate surface area is 191 Å². The third kappa shape index (κ3) is 9.09. The fourth-order valence-electron chi connectivity index (χ4n) is 3.52. The minimum Gasteiger partial charge on any atom is -0.465 e. The maximum Gasteiger partial charge on any atom is 0.337 e. The average molecular weight is 444 g/mol. The molecular formula is C26H37NO5. The third-order valence-corrected chi connectivity index (χ3v) is 5.45. The van der Waals surface area contributed by atoms with E-state index in [1.807, 2.05) is 6.07 Å². The lowest BCUT2D eigenvalue weighted by atomic mass is 9.98. The summed E-state index contributed by atoms with van der Waals surface area (Å²) >= 11 is 0. The molecule has 2 unspecified atom stereocenters. The number of carbonyl (C=O) groups excluding carboxylic acids is 1. The van der Waals surface area contributed by atoms with Crippen LogP contribution < -0.4 is 5.32 Å². The summed E-state index contributed by atoms with van der Waals surface area (Å²) in [6.45, 7) is 3.67. The summed E-state index contributed by atoms with van der Waals surface area (Å²) in [5.74, 6) is -0.480. The van der Waals surface area contributed by atoms with Gasteiger partial charge in [0.05, 0.1) is 12.7 Å². The van der Waals surface area contributed by atoms with Crippen molar-refractivity contribution < 1.29 is 24.5 Å². The Balaban J connectivity index is 1.55. The maximum absolute atomic E-state index is 11.7. The predicted molar refractivity (Wildman–Crippen MR) is 125 cm³/mol. The van der Waals surface area contributed by atoms with Gasteiger partial charge in [-0.1, -0.05) is 55.3 Å². The Morgan fingerprint density at radius 2 is 1.72 bits per heavy atom. The zero-order valence-corrected chi connectivity index (χ0v) is 19.3. The number of carbonyl (C=O) groups is 1. The molecule has 2 aromatic rings. The van der Waals surface area contributed by atoms with Gasteiger partial charge in [-0.05, 0) is 62.4 Å². The van der Waals surface area contributed by atoms with E-state index in [-0.39, 0.29) is 0 Å². The van der Waals surface area contributed by atoms with Gasteiger partial charge < -0.3 is 19.7 Å². The lowest BCUT2D eigenvalue weighted by Gasteiger charge is -2.30. The predicted octanol–water partition coefficient (Wildman–Crippen LogP) is 4.01. The van der Waals surface area contributed by atoms with Crippen LogP contribution in [0.2, 0.25) is 0 Å². The minimum absolute atomic E-state index is 0.335. The number of aryl methyl sites for hydroxylation is 1. The van der Waals surface area contributed by atoms with Crippen molar-refractivity contribution in [1.82, 2.24) is 5.32 Å². The van der Waals surface area contributed by atoms with Crippen molar-refractivity contribution in [1.29, 1.82) is 0 Å². The summed E-state index contributed by atoms with van der Waals surface area (Å²) < 4.78 is 10.4. The van der Waals surface area contributed by atoms with E-state index in [2.05, 4.69) is 29.6 Å². The van der Waals surface area contributed by atoms with Gasteiger partial charge in [-0.15, -0.1) is 0 Å². The molecule has 0 heterocycles. The first-order valence-corrected chi connectivity index (χ1v) is 11.4. The fourth-order valence-corrected chi connectivity index (χ4v) is 3.52. The number of aliphatic hydroxyl groups excluding tert-OH is 1. The van der Waals surface area contributed by atoms with E-state index >= 15 is 0 Å². The van der Waals surface area contributed by atoms with Crippen molar-refractivity contribution in [2.75, 3.05) is 26.9 Å². The van der Waals surface area contributed by atoms with Crippen LogP contribution in [0, 0.1) is 0 Å². The Bertz CT molecular complexity index is 794. The molecule has 176 valence electrons. The molecule has 0 amide bonds. The lowest BCUT2D eigenvalue weighted by Crippen LogP contribution is -2.47. The van der Waals surface area contributed by atoms with Crippen molar-refractivity contribution in [3.63, 3.8) is 0 Å². The highest BCUT2D eigenvalue weighted by Crippen LogP contribution is 2.24. The van der Waals surface area contributed by atoms with Crippen molar-refractivity contribution >= 4 is 5.97 Å². The number of hydrogen-bond acceptors (Lipinski definition) is 6. The van der Waals surface area contributed by atoms with Crippen LogP contribution in [-0.2, 0) is 15.9 Å². The SMILES string of the molecule is COC(=O)c1cccc(C(O)C(C)(O)NCCCCCCOCCCc2ccccc2)c1. The molecule has 3 N–H and O–H groups in total. The zero-order valence-electron chi connectivity index (χ0n) is 19.3. The second kappa shape index (κ2) is 14.0.